The van der Waals surface area contributed by atoms with Crippen LogP contribution in [-0.4, -0.2) is 34.6 Å². The van der Waals surface area contributed by atoms with Gasteiger partial charge in [-0.3, -0.25) is 0 Å². The summed E-state index contributed by atoms with van der Waals surface area (Å²) in [7, 11) is -2.31. The molecule has 0 bridgehead atoms. The third kappa shape index (κ3) is 4.95. The Morgan fingerprint density at radius 3 is 2.50 bits per heavy atom. The number of nitrogens with one attached hydrogen (secondary N) is 1. The summed E-state index contributed by atoms with van der Waals surface area (Å²) in [5, 5.41) is 0.602. The average molecular weight is 370 g/mol. The Kier molecular flexibility index (Phi) is 6.19. The van der Waals surface area contributed by atoms with Gasteiger partial charge in [-0.05, 0) is 49.5 Å². The van der Waals surface area contributed by atoms with Crippen LogP contribution in [0.2, 0.25) is 5.02 Å². The summed E-state index contributed by atoms with van der Waals surface area (Å²) in [5.41, 5.74) is 0.151. The molecule has 0 aliphatic rings. The molecular formula is C16H16ClNO5S. The van der Waals surface area contributed by atoms with Gasteiger partial charge < -0.3 is 9.47 Å². The fraction of sp³-hybridized carbons (Fsp3) is 0.188. The maximum Gasteiger partial charge on any atom is 0.338 e. The molecule has 0 aromatic heterocycles. The smallest absolute Gasteiger partial charge is 0.338 e. The Balaban J connectivity index is 1.89. The minimum absolute atomic E-state index is 0.00290. The molecule has 0 aliphatic heterocycles. The second-order valence-corrected chi connectivity index (χ2v) is 7.00. The van der Waals surface area contributed by atoms with Crippen molar-refractivity contribution in [3.8, 4) is 5.75 Å². The van der Waals surface area contributed by atoms with Crippen molar-refractivity contribution in [2.24, 2.45) is 0 Å². The van der Waals surface area contributed by atoms with E-state index in [1.54, 1.807) is 24.3 Å². The lowest BCUT2D eigenvalue weighted by atomic mass is 10.2. The quantitative estimate of drug-likeness (QED) is 0.599. The zero-order valence-electron chi connectivity index (χ0n) is 12.9. The molecule has 0 aliphatic carbocycles. The minimum Gasteiger partial charge on any atom is -0.490 e. The van der Waals surface area contributed by atoms with E-state index in [-0.39, 0.29) is 23.7 Å². The average Bonchev–Trinajstić information content (AvgIpc) is 2.60. The van der Waals surface area contributed by atoms with Crippen LogP contribution in [0, 0.1) is 0 Å². The first-order valence-electron chi connectivity index (χ1n) is 7.01. The molecule has 2 rings (SSSR count). The summed E-state index contributed by atoms with van der Waals surface area (Å²) >= 11 is 5.77. The Morgan fingerprint density at radius 1 is 1.12 bits per heavy atom. The third-order valence-electron chi connectivity index (χ3n) is 3.05. The number of rotatable bonds is 7. The van der Waals surface area contributed by atoms with Gasteiger partial charge in [0.2, 0.25) is 10.0 Å². The lowest BCUT2D eigenvalue weighted by molar-refractivity contribution is 0.0450. The van der Waals surface area contributed by atoms with Crippen LogP contribution < -0.4 is 9.46 Å². The van der Waals surface area contributed by atoms with E-state index in [1.807, 2.05) is 0 Å². The van der Waals surface area contributed by atoms with E-state index >= 15 is 0 Å². The van der Waals surface area contributed by atoms with Crippen molar-refractivity contribution in [3.05, 3.63) is 59.1 Å². The molecule has 6 nitrogen and oxygen atoms in total. The maximum absolute atomic E-state index is 12.0. The fourth-order valence-electron chi connectivity index (χ4n) is 1.82. The van der Waals surface area contributed by atoms with Crippen molar-refractivity contribution in [1.29, 1.82) is 0 Å². The van der Waals surface area contributed by atoms with Crippen LogP contribution in [0.1, 0.15) is 10.4 Å². The van der Waals surface area contributed by atoms with Crippen molar-refractivity contribution >= 4 is 27.6 Å². The molecule has 128 valence electrons. The van der Waals surface area contributed by atoms with Crippen molar-refractivity contribution < 1.29 is 22.7 Å². The van der Waals surface area contributed by atoms with Crippen LogP contribution in [0.3, 0.4) is 0 Å². The Hall–Kier alpha value is -2.09. The third-order valence-corrected chi connectivity index (χ3v) is 4.71. The first-order chi connectivity index (χ1) is 11.4. The maximum atomic E-state index is 12.0. The van der Waals surface area contributed by atoms with Gasteiger partial charge in [0.25, 0.3) is 0 Å². The molecule has 2 aromatic rings. The largest absolute Gasteiger partial charge is 0.490 e. The van der Waals surface area contributed by atoms with Gasteiger partial charge in [-0.2, -0.15) is 0 Å². The number of carbonyl (C=O) groups is 1. The Morgan fingerprint density at radius 2 is 1.83 bits per heavy atom. The molecule has 0 unspecified atom stereocenters. The first kappa shape index (κ1) is 18.3. The molecule has 0 saturated heterocycles. The van der Waals surface area contributed by atoms with Crippen LogP contribution in [0.5, 0.6) is 5.75 Å². The van der Waals surface area contributed by atoms with E-state index in [0.717, 1.165) is 0 Å². The molecule has 0 spiro atoms. The summed E-state index contributed by atoms with van der Waals surface area (Å²) in [6.45, 7) is 0.201. The number of carbonyl (C=O) groups excluding carboxylic acids is 1. The topological polar surface area (TPSA) is 81.7 Å². The number of benzene rings is 2. The summed E-state index contributed by atoms with van der Waals surface area (Å²) < 4.78 is 36.1. The number of sulfonamides is 1. The molecule has 0 atom stereocenters. The monoisotopic (exact) mass is 369 g/mol. The summed E-state index contributed by atoms with van der Waals surface area (Å²) in [6, 6.07) is 12.4. The van der Waals surface area contributed by atoms with Crippen LogP contribution in [-0.2, 0) is 14.8 Å². The van der Waals surface area contributed by atoms with Gasteiger partial charge in [-0.25, -0.2) is 17.9 Å². The second kappa shape index (κ2) is 8.14. The molecule has 1 N–H and O–H groups in total. The first-order valence-corrected chi connectivity index (χ1v) is 8.87. The van der Waals surface area contributed by atoms with Crippen molar-refractivity contribution in [1.82, 2.24) is 4.72 Å². The summed E-state index contributed by atoms with van der Waals surface area (Å²) in [5.74, 6) is -0.0135. The molecule has 0 heterocycles. The van der Waals surface area contributed by atoms with E-state index in [4.69, 9.17) is 21.1 Å². The molecule has 0 amide bonds. The van der Waals surface area contributed by atoms with Crippen molar-refractivity contribution in [2.45, 2.75) is 4.90 Å². The zero-order valence-corrected chi connectivity index (χ0v) is 14.4. The van der Waals surface area contributed by atoms with Gasteiger partial charge in [0.15, 0.2) is 0 Å². The highest BCUT2D eigenvalue weighted by Crippen LogP contribution is 2.15. The molecule has 0 fully saturated rings. The van der Waals surface area contributed by atoms with Crippen LogP contribution >= 0.6 is 11.6 Å². The van der Waals surface area contributed by atoms with Crippen molar-refractivity contribution in [3.63, 3.8) is 0 Å². The highest BCUT2D eigenvalue weighted by molar-refractivity contribution is 7.89. The van der Waals surface area contributed by atoms with E-state index in [1.165, 1.54) is 31.3 Å². The number of esters is 1. The van der Waals surface area contributed by atoms with Gasteiger partial charge in [-0.1, -0.05) is 17.7 Å². The van der Waals surface area contributed by atoms with Gasteiger partial charge in [0.1, 0.15) is 19.0 Å². The Bertz CT molecular complexity index is 805. The minimum atomic E-state index is -3.61. The highest BCUT2D eigenvalue weighted by Gasteiger charge is 2.15. The molecule has 2 aromatic carbocycles. The lowest BCUT2D eigenvalue weighted by Crippen LogP contribution is -2.19. The highest BCUT2D eigenvalue weighted by atomic mass is 35.5. The number of halogens is 1. The number of ether oxygens (including phenoxy) is 2. The van der Waals surface area contributed by atoms with Crippen LogP contribution in [0.4, 0.5) is 0 Å². The van der Waals surface area contributed by atoms with Crippen LogP contribution in [0.15, 0.2) is 53.4 Å². The van der Waals surface area contributed by atoms with E-state index in [9.17, 15) is 13.2 Å². The fourth-order valence-corrected chi connectivity index (χ4v) is 2.72. The van der Waals surface area contributed by atoms with Crippen LogP contribution in [0.25, 0.3) is 0 Å². The lowest BCUT2D eigenvalue weighted by Gasteiger charge is -2.08. The van der Waals surface area contributed by atoms with Gasteiger partial charge in [0, 0.05) is 5.02 Å². The van der Waals surface area contributed by atoms with E-state index < -0.39 is 16.0 Å². The van der Waals surface area contributed by atoms with Crippen molar-refractivity contribution in [2.75, 3.05) is 20.3 Å². The predicted molar refractivity (Wildman–Crippen MR) is 89.9 cm³/mol. The molecule has 24 heavy (non-hydrogen) atoms. The Labute approximate surface area is 145 Å². The second-order valence-electron chi connectivity index (χ2n) is 4.67. The standard InChI is InChI=1S/C16H16ClNO5S/c1-18-24(20,21)15-4-2-3-12(11-15)16(19)23-10-9-22-14-7-5-13(17)6-8-14/h2-8,11,18H,9-10H2,1H3. The number of hydrogen-bond acceptors (Lipinski definition) is 5. The molecular weight excluding hydrogens is 354 g/mol. The number of hydrogen-bond donors (Lipinski definition) is 1. The SMILES string of the molecule is CNS(=O)(=O)c1cccc(C(=O)OCCOc2ccc(Cl)cc2)c1. The predicted octanol–water partition coefficient (Wildman–Crippen LogP) is 2.48. The van der Waals surface area contributed by atoms with Gasteiger partial charge in [-0.15, -0.1) is 0 Å². The molecule has 8 heteroatoms. The normalized spacial score (nSPS) is 11.1. The van der Waals surface area contributed by atoms with E-state index in [0.29, 0.717) is 10.8 Å². The zero-order chi connectivity index (χ0) is 17.6. The molecule has 0 radical (unpaired) electrons. The van der Waals surface area contributed by atoms with Gasteiger partial charge in [0.05, 0.1) is 10.5 Å². The summed E-state index contributed by atoms with van der Waals surface area (Å²) in [4.78, 5) is 12.0. The summed E-state index contributed by atoms with van der Waals surface area (Å²) in [6.07, 6.45) is 0. The van der Waals surface area contributed by atoms with E-state index in [2.05, 4.69) is 4.72 Å². The van der Waals surface area contributed by atoms with Gasteiger partial charge >= 0.3 is 5.97 Å². The molecule has 0 saturated carbocycles.